The van der Waals surface area contributed by atoms with E-state index in [0.29, 0.717) is 4.59 Å². The summed E-state index contributed by atoms with van der Waals surface area (Å²) in [6.07, 6.45) is 0. The van der Waals surface area contributed by atoms with Crippen LogP contribution in [0.4, 0.5) is 0 Å². The molecule has 0 amide bonds. The highest BCUT2D eigenvalue weighted by molar-refractivity contribution is 5.86. The summed E-state index contributed by atoms with van der Waals surface area (Å²) in [5, 5.41) is 0. The molecule has 0 rings (SSSR count). The molecule has 2 N–H and O–H groups in total. The van der Waals surface area contributed by atoms with Crippen LogP contribution in [0.5, 0.6) is 0 Å². The van der Waals surface area contributed by atoms with Crippen molar-refractivity contribution in [1.82, 2.24) is 0 Å². The third-order valence-electron chi connectivity index (χ3n) is 0. The molecule has 0 bridgehead atoms. The SMILES string of the molecule is C[N+](C)(C)N.Cl.Cl.Cl. The fourth-order valence-corrected chi connectivity index (χ4v) is 0. The number of quaternary nitrogens is 1. The van der Waals surface area contributed by atoms with E-state index in [4.69, 9.17) is 5.84 Å². The topological polar surface area (TPSA) is 26.0 Å². The Morgan fingerprint density at radius 3 is 0.875 bits per heavy atom. The number of rotatable bonds is 0. The van der Waals surface area contributed by atoms with Gasteiger partial charge in [-0.1, -0.05) is 0 Å². The van der Waals surface area contributed by atoms with Gasteiger partial charge >= 0.3 is 0 Å². The predicted molar refractivity (Wildman–Crippen MR) is 44.0 cm³/mol. The van der Waals surface area contributed by atoms with Crippen LogP contribution in [0.3, 0.4) is 0 Å². The van der Waals surface area contributed by atoms with Crippen LogP contribution in [0.2, 0.25) is 0 Å². The molecule has 0 radical (unpaired) electrons. The molecule has 0 spiro atoms. The van der Waals surface area contributed by atoms with Crippen LogP contribution in [0.15, 0.2) is 0 Å². The highest BCUT2D eigenvalue weighted by atomic mass is 35.5. The minimum atomic E-state index is 0. The van der Waals surface area contributed by atoms with Crippen molar-refractivity contribution in [3.05, 3.63) is 0 Å². The zero-order chi connectivity index (χ0) is 4.50. The third-order valence-corrected chi connectivity index (χ3v) is 0. The van der Waals surface area contributed by atoms with E-state index in [0.717, 1.165) is 0 Å². The van der Waals surface area contributed by atoms with Crippen molar-refractivity contribution in [2.45, 2.75) is 0 Å². The van der Waals surface area contributed by atoms with Crippen molar-refractivity contribution in [2.24, 2.45) is 5.84 Å². The molecule has 2 nitrogen and oxygen atoms in total. The van der Waals surface area contributed by atoms with E-state index in [2.05, 4.69) is 0 Å². The molecule has 0 aromatic heterocycles. The first-order valence-corrected chi connectivity index (χ1v) is 1.60. The van der Waals surface area contributed by atoms with Gasteiger partial charge < -0.3 is 0 Å². The van der Waals surface area contributed by atoms with Gasteiger partial charge in [-0.15, -0.1) is 37.2 Å². The Morgan fingerprint density at radius 1 is 0.875 bits per heavy atom. The fourth-order valence-electron chi connectivity index (χ4n) is 0. The molecule has 56 valence electrons. The minimum absolute atomic E-state index is 0. The monoisotopic (exact) mass is 183 g/mol. The van der Waals surface area contributed by atoms with Crippen molar-refractivity contribution >= 4 is 37.2 Å². The summed E-state index contributed by atoms with van der Waals surface area (Å²) in [5.41, 5.74) is 0. The van der Waals surface area contributed by atoms with Crippen molar-refractivity contribution in [1.29, 1.82) is 0 Å². The summed E-state index contributed by atoms with van der Waals surface area (Å²) in [7, 11) is 5.71. The summed E-state index contributed by atoms with van der Waals surface area (Å²) in [5.74, 6) is 5.29. The van der Waals surface area contributed by atoms with Gasteiger partial charge in [0, 0.05) is 0 Å². The Kier molecular flexibility index (Phi) is 22.6. The van der Waals surface area contributed by atoms with E-state index < -0.39 is 0 Å². The number of nitrogens with zero attached hydrogens (tertiary/aromatic N) is 1. The largest absolute Gasteiger partial charge is 0.255 e. The Balaban J connectivity index is -0.0000000267. The van der Waals surface area contributed by atoms with E-state index in [1.165, 1.54) is 0 Å². The zero-order valence-electron chi connectivity index (χ0n) is 5.25. The average Bonchev–Trinajstić information content (AvgIpc) is 0.722. The van der Waals surface area contributed by atoms with Gasteiger partial charge in [0.25, 0.3) is 0 Å². The van der Waals surface area contributed by atoms with Crippen LogP contribution in [0.1, 0.15) is 0 Å². The van der Waals surface area contributed by atoms with Gasteiger partial charge in [0.15, 0.2) is 0 Å². The summed E-state index contributed by atoms with van der Waals surface area (Å²) < 4.78 is 0.500. The van der Waals surface area contributed by atoms with Gasteiger partial charge in [-0.25, -0.2) is 0 Å². The molecule has 0 aromatic carbocycles. The minimum Gasteiger partial charge on any atom is -0.255 e. The quantitative estimate of drug-likeness (QED) is 0.337. The molecule has 0 unspecified atom stereocenters. The molecule has 0 fully saturated rings. The number of hydrogen-bond acceptors (Lipinski definition) is 1. The first kappa shape index (κ1) is 23.2. The second-order valence-corrected chi connectivity index (χ2v) is 2.12. The molecule has 0 atom stereocenters. The number of halogens is 3. The van der Waals surface area contributed by atoms with Crippen LogP contribution in [0, 0.1) is 0 Å². The van der Waals surface area contributed by atoms with Gasteiger partial charge in [0.1, 0.15) is 0 Å². The van der Waals surface area contributed by atoms with E-state index in [1.807, 2.05) is 21.1 Å². The van der Waals surface area contributed by atoms with E-state index in [9.17, 15) is 0 Å². The summed E-state index contributed by atoms with van der Waals surface area (Å²) in [4.78, 5) is 0. The summed E-state index contributed by atoms with van der Waals surface area (Å²) >= 11 is 0. The maximum atomic E-state index is 5.29. The van der Waals surface area contributed by atoms with Crippen LogP contribution >= 0.6 is 37.2 Å². The fraction of sp³-hybridized carbons (Fsp3) is 1.00. The van der Waals surface area contributed by atoms with Crippen LogP contribution in [0.25, 0.3) is 0 Å². The van der Waals surface area contributed by atoms with E-state index in [-0.39, 0.29) is 37.2 Å². The first-order chi connectivity index (χ1) is 2.00. The lowest BCUT2D eigenvalue weighted by Gasteiger charge is -2.12. The average molecular weight is 185 g/mol. The number of nitrogens with two attached hydrogens (primary N) is 1. The molecular formula is C3H14Cl3N2+. The maximum Gasteiger partial charge on any atom is 0.0851 e. The predicted octanol–water partition coefficient (Wildman–Crippen LogP) is 0.832. The van der Waals surface area contributed by atoms with Crippen molar-refractivity contribution < 1.29 is 4.59 Å². The molecule has 8 heavy (non-hydrogen) atoms. The van der Waals surface area contributed by atoms with Gasteiger partial charge in [0.05, 0.1) is 21.1 Å². The van der Waals surface area contributed by atoms with Crippen molar-refractivity contribution in [3.63, 3.8) is 0 Å². The molecule has 0 aliphatic heterocycles. The van der Waals surface area contributed by atoms with E-state index >= 15 is 0 Å². The van der Waals surface area contributed by atoms with Gasteiger partial charge in [-0.05, 0) is 0 Å². The first-order valence-electron chi connectivity index (χ1n) is 1.60. The van der Waals surface area contributed by atoms with Gasteiger partial charge in [0.2, 0.25) is 0 Å². The van der Waals surface area contributed by atoms with Crippen LogP contribution in [-0.2, 0) is 0 Å². The molecule has 0 saturated heterocycles. The molecule has 0 heterocycles. The Bertz CT molecular complexity index is 28.0. The standard InChI is InChI=1S/C3H11N2.3ClH/c1-5(2,3)4;;;/h4H2,1-3H3;3*1H/q+1;;;. The molecule has 0 aliphatic rings. The Morgan fingerprint density at radius 2 is 0.875 bits per heavy atom. The van der Waals surface area contributed by atoms with Crippen LogP contribution in [-0.4, -0.2) is 25.7 Å². The van der Waals surface area contributed by atoms with Crippen molar-refractivity contribution in [3.8, 4) is 0 Å². The molecule has 5 heteroatoms. The highest BCUT2D eigenvalue weighted by Gasteiger charge is 1.89. The number of hydrogen-bond donors (Lipinski definition) is 1. The van der Waals surface area contributed by atoms with Gasteiger partial charge in [-0.3, -0.25) is 4.59 Å². The lowest BCUT2D eigenvalue weighted by molar-refractivity contribution is -0.882. The Hall–Kier alpha value is 0.790. The van der Waals surface area contributed by atoms with E-state index in [1.54, 1.807) is 0 Å². The summed E-state index contributed by atoms with van der Waals surface area (Å²) in [6, 6.07) is 0. The second kappa shape index (κ2) is 7.79. The molecular weight excluding hydrogens is 170 g/mol. The zero-order valence-corrected chi connectivity index (χ0v) is 7.70. The third kappa shape index (κ3) is 365. The molecule has 0 saturated carbocycles. The normalized spacial score (nSPS) is 7.50. The van der Waals surface area contributed by atoms with Crippen LogP contribution < -0.4 is 5.84 Å². The Labute approximate surface area is 69.2 Å². The lowest BCUT2D eigenvalue weighted by atomic mass is 10.9. The maximum absolute atomic E-state index is 5.29. The lowest BCUT2D eigenvalue weighted by Crippen LogP contribution is -2.41. The highest BCUT2D eigenvalue weighted by Crippen LogP contribution is 1.65. The molecule has 0 aromatic rings. The smallest absolute Gasteiger partial charge is 0.0851 e. The summed E-state index contributed by atoms with van der Waals surface area (Å²) in [6.45, 7) is 0. The van der Waals surface area contributed by atoms with Gasteiger partial charge in [-0.2, -0.15) is 5.84 Å². The second-order valence-electron chi connectivity index (χ2n) is 2.12. The van der Waals surface area contributed by atoms with Crippen molar-refractivity contribution in [2.75, 3.05) is 21.1 Å². The molecule has 0 aliphatic carbocycles.